The molecule has 20 heavy (non-hydrogen) atoms. The summed E-state index contributed by atoms with van der Waals surface area (Å²) in [5.74, 6) is 0.150. The SMILES string of the molecule is CN(CCC(N)=S)C(=O)CCN1Cc2ccccc2C1. The molecule has 0 unspecified atom stereocenters. The zero-order valence-corrected chi connectivity index (χ0v) is 12.7. The van der Waals surface area contributed by atoms with Gasteiger partial charge < -0.3 is 10.6 Å². The van der Waals surface area contributed by atoms with E-state index in [9.17, 15) is 4.79 Å². The Hall–Kier alpha value is -1.46. The van der Waals surface area contributed by atoms with Gasteiger partial charge in [0.1, 0.15) is 0 Å². The molecule has 4 nitrogen and oxygen atoms in total. The third kappa shape index (κ3) is 4.02. The summed E-state index contributed by atoms with van der Waals surface area (Å²) in [5.41, 5.74) is 8.20. The molecule has 0 radical (unpaired) electrons. The van der Waals surface area contributed by atoms with Crippen molar-refractivity contribution in [2.75, 3.05) is 20.1 Å². The molecule has 5 heteroatoms. The van der Waals surface area contributed by atoms with E-state index in [2.05, 4.69) is 29.2 Å². The van der Waals surface area contributed by atoms with Crippen molar-refractivity contribution in [3.05, 3.63) is 35.4 Å². The van der Waals surface area contributed by atoms with Crippen LogP contribution in [0.3, 0.4) is 0 Å². The maximum atomic E-state index is 12.0. The van der Waals surface area contributed by atoms with Gasteiger partial charge in [0.25, 0.3) is 0 Å². The molecule has 0 aliphatic carbocycles. The van der Waals surface area contributed by atoms with Crippen molar-refractivity contribution in [1.82, 2.24) is 9.80 Å². The van der Waals surface area contributed by atoms with E-state index >= 15 is 0 Å². The van der Waals surface area contributed by atoms with Gasteiger partial charge in [-0.2, -0.15) is 0 Å². The van der Waals surface area contributed by atoms with Crippen LogP contribution in [0.5, 0.6) is 0 Å². The molecule has 0 bridgehead atoms. The van der Waals surface area contributed by atoms with Crippen molar-refractivity contribution in [2.45, 2.75) is 25.9 Å². The van der Waals surface area contributed by atoms with Gasteiger partial charge in [-0.3, -0.25) is 9.69 Å². The predicted octanol–water partition coefficient (Wildman–Crippen LogP) is 1.53. The molecule has 1 aromatic rings. The van der Waals surface area contributed by atoms with Gasteiger partial charge in [-0.05, 0) is 11.1 Å². The highest BCUT2D eigenvalue weighted by molar-refractivity contribution is 7.80. The molecule has 0 saturated heterocycles. The van der Waals surface area contributed by atoms with Crippen LogP contribution in [0.25, 0.3) is 0 Å². The maximum Gasteiger partial charge on any atom is 0.223 e. The summed E-state index contributed by atoms with van der Waals surface area (Å²) in [4.78, 5) is 16.5. The number of fused-ring (bicyclic) bond motifs is 1. The molecular formula is C15H21N3OS. The Morgan fingerprint density at radius 1 is 1.30 bits per heavy atom. The number of rotatable bonds is 6. The largest absolute Gasteiger partial charge is 0.393 e. The van der Waals surface area contributed by atoms with E-state index in [4.69, 9.17) is 18.0 Å². The maximum absolute atomic E-state index is 12.0. The fraction of sp³-hybridized carbons (Fsp3) is 0.467. The normalized spacial score (nSPS) is 14.1. The van der Waals surface area contributed by atoms with Crippen molar-refractivity contribution in [1.29, 1.82) is 0 Å². The molecule has 2 rings (SSSR count). The van der Waals surface area contributed by atoms with Crippen LogP contribution >= 0.6 is 12.2 Å². The van der Waals surface area contributed by atoms with E-state index < -0.39 is 0 Å². The van der Waals surface area contributed by atoms with E-state index in [1.165, 1.54) is 11.1 Å². The monoisotopic (exact) mass is 291 g/mol. The van der Waals surface area contributed by atoms with E-state index in [1.54, 1.807) is 11.9 Å². The summed E-state index contributed by atoms with van der Waals surface area (Å²) in [6.07, 6.45) is 1.13. The lowest BCUT2D eigenvalue weighted by Gasteiger charge is -2.19. The standard InChI is InChI=1S/C15H21N3OS/c1-17(8-6-14(16)20)15(19)7-9-18-10-12-4-2-3-5-13(12)11-18/h2-5H,6-11H2,1H3,(H2,16,20). The zero-order chi connectivity index (χ0) is 14.5. The zero-order valence-electron chi connectivity index (χ0n) is 11.8. The van der Waals surface area contributed by atoms with Gasteiger partial charge in [-0.15, -0.1) is 0 Å². The van der Waals surface area contributed by atoms with Gasteiger partial charge in [0.15, 0.2) is 0 Å². The number of amides is 1. The van der Waals surface area contributed by atoms with Crippen LogP contribution in [0.2, 0.25) is 0 Å². The minimum Gasteiger partial charge on any atom is -0.393 e. The molecule has 1 aromatic carbocycles. The first kappa shape index (κ1) is 14.9. The first-order valence-electron chi connectivity index (χ1n) is 6.87. The Morgan fingerprint density at radius 3 is 2.45 bits per heavy atom. The summed E-state index contributed by atoms with van der Waals surface area (Å²) < 4.78 is 0. The van der Waals surface area contributed by atoms with Gasteiger partial charge in [-0.1, -0.05) is 36.5 Å². The van der Waals surface area contributed by atoms with Crippen LogP contribution in [0, 0.1) is 0 Å². The molecule has 2 N–H and O–H groups in total. The molecule has 0 fully saturated rings. The highest BCUT2D eigenvalue weighted by Gasteiger charge is 2.19. The fourth-order valence-electron chi connectivity index (χ4n) is 2.41. The van der Waals surface area contributed by atoms with Gasteiger partial charge >= 0.3 is 0 Å². The second-order valence-electron chi connectivity index (χ2n) is 5.26. The number of benzene rings is 1. The van der Waals surface area contributed by atoms with Crippen molar-refractivity contribution >= 4 is 23.1 Å². The second kappa shape index (κ2) is 6.81. The minimum absolute atomic E-state index is 0.150. The number of carbonyl (C=O) groups excluding carboxylic acids is 1. The topological polar surface area (TPSA) is 49.6 Å². The summed E-state index contributed by atoms with van der Waals surface area (Å²) in [6, 6.07) is 8.45. The number of hydrogen-bond donors (Lipinski definition) is 1. The smallest absolute Gasteiger partial charge is 0.223 e. The van der Waals surface area contributed by atoms with Gasteiger partial charge in [-0.25, -0.2) is 0 Å². The second-order valence-corrected chi connectivity index (χ2v) is 5.79. The lowest BCUT2D eigenvalue weighted by molar-refractivity contribution is -0.130. The third-order valence-electron chi connectivity index (χ3n) is 3.67. The van der Waals surface area contributed by atoms with E-state index in [0.29, 0.717) is 24.4 Å². The Bertz CT molecular complexity index is 479. The van der Waals surface area contributed by atoms with E-state index in [-0.39, 0.29) is 5.91 Å². The van der Waals surface area contributed by atoms with Crippen LogP contribution in [-0.2, 0) is 17.9 Å². The average molecular weight is 291 g/mol. The van der Waals surface area contributed by atoms with Crippen LogP contribution in [0.4, 0.5) is 0 Å². The van der Waals surface area contributed by atoms with E-state index in [1.807, 2.05) is 0 Å². The molecule has 1 aliphatic rings. The highest BCUT2D eigenvalue weighted by atomic mass is 32.1. The summed E-state index contributed by atoms with van der Waals surface area (Å²) in [7, 11) is 1.80. The molecule has 1 heterocycles. The average Bonchev–Trinajstić information content (AvgIpc) is 2.84. The molecule has 0 spiro atoms. The minimum atomic E-state index is 0.150. The lowest BCUT2D eigenvalue weighted by atomic mass is 10.1. The van der Waals surface area contributed by atoms with Crippen molar-refractivity contribution in [2.24, 2.45) is 5.73 Å². The number of carbonyl (C=O) groups is 1. The Labute approximate surface area is 125 Å². The molecule has 1 amide bonds. The van der Waals surface area contributed by atoms with Gasteiger partial charge in [0.05, 0.1) is 4.99 Å². The summed E-state index contributed by atoms with van der Waals surface area (Å²) >= 11 is 4.82. The van der Waals surface area contributed by atoms with Crippen LogP contribution in [0.1, 0.15) is 24.0 Å². The van der Waals surface area contributed by atoms with Crippen molar-refractivity contribution in [3.8, 4) is 0 Å². The molecular weight excluding hydrogens is 270 g/mol. The molecule has 0 saturated carbocycles. The number of thiocarbonyl (C=S) groups is 1. The molecule has 0 atom stereocenters. The quantitative estimate of drug-likeness (QED) is 0.808. The number of hydrogen-bond acceptors (Lipinski definition) is 3. The Balaban J connectivity index is 1.74. The molecule has 108 valence electrons. The first-order chi connectivity index (χ1) is 9.56. The predicted molar refractivity (Wildman–Crippen MR) is 84.2 cm³/mol. The highest BCUT2D eigenvalue weighted by Crippen LogP contribution is 2.22. The van der Waals surface area contributed by atoms with Crippen LogP contribution in [0.15, 0.2) is 24.3 Å². The number of nitrogens with zero attached hydrogens (tertiary/aromatic N) is 2. The summed E-state index contributed by atoms with van der Waals surface area (Å²) in [6.45, 7) is 3.29. The molecule has 1 aliphatic heterocycles. The first-order valence-corrected chi connectivity index (χ1v) is 7.28. The van der Waals surface area contributed by atoms with E-state index in [0.717, 1.165) is 19.6 Å². The van der Waals surface area contributed by atoms with Gasteiger partial charge in [0, 0.05) is 46.1 Å². The van der Waals surface area contributed by atoms with Crippen LogP contribution < -0.4 is 5.73 Å². The Kier molecular flexibility index (Phi) is 5.09. The van der Waals surface area contributed by atoms with Crippen molar-refractivity contribution in [3.63, 3.8) is 0 Å². The Morgan fingerprint density at radius 2 is 1.90 bits per heavy atom. The third-order valence-corrected chi connectivity index (χ3v) is 3.87. The molecule has 0 aromatic heterocycles. The van der Waals surface area contributed by atoms with Crippen molar-refractivity contribution < 1.29 is 4.79 Å². The number of nitrogens with two attached hydrogens (primary N) is 1. The van der Waals surface area contributed by atoms with Crippen LogP contribution in [-0.4, -0.2) is 40.8 Å². The fourth-order valence-corrected chi connectivity index (χ4v) is 2.50. The summed E-state index contributed by atoms with van der Waals surface area (Å²) in [5, 5.41) is 0. The lowest BCUT2D eigenvalue weighted by Crippen LogP contribution is -2.32. The van der Waals surface area contributed by atoms with Gasteiger partial charge in [0.2, 0.25) is 5.91 Å².